The Labute approximate surface area is 200 Å². The average Bonchev–Trinajstić information content (AvgIpc) is 3.21. The molecule has 0 N–H and O–H groups in total. The molecule has 0 bridgehead atoms. The van der Waals surface area contributed by atoms with E-state index >= 15 is 0 Å². The van der Waals surface area contributed by atoms with Gasteiger partial charge in [-0.2, -0.15) is 4.31 Å². The minimum atomic E-state index is -3.73. The largest absolute Gasteiger partial charge is 0.339 e. The van der Waals surface area contributed by atoms with Crippen molar-refractivity contribution in [1.82, 2.24) is 9.21 Å². The normalized spacial score (nSPS) is 19.5. The number of ketones is 1. The SMILES string of the molecule is CC(=O)c1ccc(S(=O)(=O)N2CCN(C(=O)C3CCN(c4ccc(C)c(C)c4)C3=O)CC2)cc1. The fraction of sp³-hybridized carbons (Fsp3) is 0.400. The number of hydrogen-bond acceptors (Lipinski definition) is 5. The van der Waals surface area contributed by atoms with Crippen LogP contribution < -0.4 is 4.90 Å². The standard InChI is InChI=1S/C25H29N3O5S/c1-17-4-7-21(16-18(17)2)28-11-10-23(25(28)31)24(30)26-12-14-27(15-13-26)34(32,33)22-8-5-20(6-9-22)19(3)29/h4-9,16,23H,10-15H2,1-3H3. The third-order valence-corrected chi connectivity index (χ3v) is 8.67. The van der Waals surface area contributed by atoms with E-state index in [0.717, 1.165) is 16.8 Å². The molecule has 2 fully saturated rings. The van der Waals surface area contributed by atoms with E-state index in [4.69, 9.17) is 0 Å². The predicted octanol–water partition coefficient (Wildman–Crippen LogP) is 2.39. The third-order valence-electron chi connectivity index (χ3n) is 6.75. The lowest BCUT2D eigenvalue weighted by molar-refractivity contribution is -0.140. The molecule has 0 saturated carbocycles. The quantitative estimate of drug-likeness (QED) is 0.481. The Bertz CT molecular complexity index is 1230. The topological polar surface area (TPSA) is 95.1 Å². The fourth-order valence-electron chi connectivity index (χ4n) is 4.44. The number of Topliss-reactive ketones (excluding diaryl/α,β-unsaturated/α-hetero) is 1. The highest BCUT2D eigenvalue weighted by Gasteiger charge is 2.41. The number of rotatable bonds is 5. The number of carbonyl (C=O) groups excluding carboxylic acids is 3. The van der Waals surface area contributed by atoms with E-state index in [1.807, 2.05) is 32.0 Å². The molecule has 4 rings (SSSR count). The monoisotopic (exact) mass is 483 g/mol. The lowest BCUT2D eigenvalue weighted by Crippen LogP contribution is -2.52. The summed E-state index contributed by atoms with van der Waals surface area (Å²) in [5.74, 6) is -1.30. The summed E-state index contributed by atoms with van der Waals surface area (Å²) < 4.78 is 27.3. The Morgan fingerprint density at radius 1 is 0.882 bits per heavy atom. The van der Waals surface area contributed by atoms with Crippen molar-refractivity contribution in [2.75, 3.05) is 37.6 Å². The summed E-state index contributed by atoms with van der Waals surface area (Å²) in [5, 5.41) is 0. The van der Waals surface area contributed by atoms with Crippen LogP contribution in [0.25, 0.3) is 0 Å². The van der Waals surface area contributed by atoms with Gasteiger partial charge >= 0.3 is 0 Å². The molecule has 2 heterocycles. The van der Waals surface area contributed by atoms with Gasteiger partial charge in [0.25, 0.3) is 0 Å². The molecule has 0 aliphatic carbocycles. The summed E-state index contributed by atoms with van der Waals surface area (Å²) in [6.45, 7) is 6.70. The number of carbonyl (C=O) groups is 3. The zero-order valence-electron chi connectivity index (χ0n) is 19.7. The third kappa shape index (κ3) is 4.50. The van der Waals surface area contributed by atoms with E-state index in [-0.39, 0.29) is 48.7 Å². The van der Waals surface area contributed by atoms with Crippen LogP contribution in [-0.4, -0.2) is 67.9 Å². The summed E-state index contributed by atoms with van der Waals surface area (Å²) in [5.41, 5.74) is 3.49. The van der Waals surface area contributed by atoms with Crippen molar-refractivity contribution >= 4 is 33.3 Å². The van der Waals surface area contributed by atoms with E-state index < -0.39 is 15.9 Å². The highest BCUT2D eigenvalue weighted by molar-refractivity contribution is 7.89. The van der Waals surface area contributed by atoms with E-state index in [0.29, 0.717) is 18.5 Å². The second kappa shape index (κ2) is 9.31. The van der Waals surface area contributed by atoms with E-state index in [2.05, 4.69) is 0 Å². The van der Waals surface area contributed by atoms with Crippen LogP contribution in [0.2, 0.25) is 0 Å². The van der Waals surface area contributed by atoms with Crippen molar-refractivity contribution in [3.63, 3.8) is 0 Å². The van der Waals surface area contributed by atoms with Gasteiger partial charge in [0, 0.05) is 44.0 Å². The zero-order chi connectivity index (χ0) is 24.6. The van der Waals surface area contributed by atoms with Gasteiger partial charge in [-0.15, -0.1) is 0 Å². The van der Waals surface area contributed by atoms with Crippen molar-refractivity contribution < 1.29 is 22.8 Å². The molecular weight excluding hydrogens is 454 g/mol. The van der Waals surface area contributed by atoms with Crippen LogP contribution in [-0.2, 0) is 19.6 Å². The van der Waals surface area contributed by atoms with Gasteiger partial charge in [-0.1, -0.05) is 18.2 Å². The van der Waals surface area contributed by atoms with Gasteiger partial charge in [0.05, 0.1) is 4.90 Å². The summed E-state index contributed by atoms with van der Waals surface area (Å²) in [4.78, 5) is 41.0. The molecule has 8 nitrogen and oxygen atoms in total. The maximum atomic E-state index is 13.1. The highest BCUT2D eigenvalue weighted by atomic mass is 32.2. The molecule has 0 radical (unpaired) electrons. The molecule has 2 amide bonds. The smallest absolute Gasteiger partial charge is 0.243 e. The minimum Gasteiger partial charge on any atom is -0.339 e. The Morgan fingerprint density at radius 2 is 1.53 bits per heavy atom. The van der Waals surface area contributed by atoms with Crippen LogP contribution in [0.1, 0.15) is 34.8 Å². The molecule has 1 atom stereocenters. The number of sulfonamides is 1. The van der Waals surface area contributed by atoms with Crippen molar-refractivity contribution in [2.45, 2.75) is 32.1 Å². The Morgan fingerprint density at radius 3 is 2.12 bits per heavy atom. The summed E-state index contributed by atoms with van der Waals surface area (Å²) >= 11 is 0. The van der Waals surface area contributed by atoms with Crippen molar-refractivity contribution in [2.24, 2.45) is 5.92 Å². The summed E-state index contributed by atoms with van der Waals surface area (Å²) in [6.07, 6.45) is 0.450. The van der Waals surface area contributed by atoms with Gasteiger partial charge in [-0.3, -0.25) is 14.4 Å². The van der Waals surface area contributed by atoms with Gasteiger partial charge in [0.1, 0.15) is 5.92 Å². The first kappa shape index (κ1) is 24.1. The molecule has 0 spiro atoms. The molecule has 0 aromatic heterocycles. The predicted molar refractivity (Wildman–Crippen MR) is 128 cm³/mol. The minimum absolute atomic E-state index is 0.118. The lowest BCUT2D eigenvalue weighted by atomic mass is 10.1. The average molecular weight is 484 g/mol. The second-order valence-corrected chi connectivity index (χ2v) is 10.8. The van der Waals surface area contributed by atoms with E-state index in [1.54, 1.807) is 9.80 Å². The molecule has 1 unspecified atom stereocenters. The maximum Gasteiger partial charge on any atom is 0.243 e. The van der Waals surface area contributed by atoms with E-state index in [1.165, 1.54) is 35.5 Å². The molecule has 180 valence electrons. The van der Waals surface area contributed by atoms with E-state index in [9.17, 15) is 22.8 Å². The first-order chi connectivity index (χ1) is 16.1. The lowest BCUT2D eigenvalue weighted by Gasteiger charge is -2.35. The van der Waals surface area contributed by atoms with Crippen LogP contribution in [0.3, 0.4) is 0 Å². The van der Waals surface area contributed by atoms with Gasteiger partial charge in [0.15, 0.2) is 5.78 Å². The molecule has 2 aromatic carbocycles. The van der Waals surface area contributed by atoms with Gasteiger partial charge in [-0.05, 0) is 62.6 Å². The molecular formula is C25H29N3O5S. The van der Waals surface area contributed by atoms with Crippen LogP contribution >= 0.6 is 0 Å². The number of anilines is 1. The molecule has 2 aliphatic heterocycles. The Kier molecular flexibility index (Phi) is 6.60. The van der Waals surface area contributed by atoms with Gasteiger partial charge < -0.3 is 9.80 Å². The molecule has 2 aromatic rings. The van der Waals surface area contributed by atoms with Crippen LogP contribution in [0.5, 0.6) is 0 Å². The highest BCUT2D eigenvalue weighted by Crippen LogP contribution is 2.29. The fourth-order valence-corrected chi connectivity index (χ4v) is 5.86. The maximum absolute atomic E-state index is 13.1. The van der Waals surface area contributed by atoms with Gasteiger partial charge in [0.2, 0.25) is 21.8 Å². The van der Waals surface area contributed by atoms with Crippen molar-refractivity contribution in [1.29, 1.82) is 0 Å². The van der Waals surface area contributed by atoms with Crippen molar-refractivity contribution in [3.8, 4) is 0 Å². The molecule has 2 aliphatic rings. The van der Waals surface area contributed by atoms with Crippen LogP contribution in [0, 0.1) is 19.8 Å². The number of piperazine rings is 1. The van der Waals surface area contributed by atoms with Crippen molar-refractivity contribution in [3.05, 3.63) is 59.2 Å². The van der Waals surface area contributed by atoms with Gasteiger partial charge in [-0.25, -0.2) is 8.42 Å². The van der Waals surface area contributed by atoms with Crippen LogP contribution in [0.15, 0.2) is 47.4 Å². The summed E-state index contributed by atoms with van der Waals surface area (Å²) in [7, 11) is -3.73. The Hall–Kier alpha value is -3.04. The second-order valence-electron chi connectivity index (χ2n) is 8.91. The number of aryl methyl sites for hydroxylation is 2. The Balaban J connectivity index is 1.39. The summed E-state index contributed by atoms with van der Waals surface area (Å²) in [6, 6.07) is 11.7. The molecule has 2 saturated heterocycles. The number of benzene rings is 2. The number of nitrogens with zero attached hydrogens (tertiary/aromatic N) is 3. The number of hydrogen-bond donors (Lipinski definition) is 0. The molecule has 9 heteroatoms. The van der Waals surface area contributed by atoms with Crippen LogP contribution in [0.4, 0.5) is 5.69 Å². The first-order valence-electron chi connectivity index (χ1n) is 11.4. The first-order valence-corrected chi connectivity index (χ1v) is 12.8. The number of amides is 2. The molecule has 34 heavy (non-hydrogen) atoms. The zero-order valence-corrected chi connectivity index (χ0v) is 20.5.